The summed E-state index contributed by atoms with van der Waals surface area (Å²) in [5, 5.41) is 14.6. The Bertz CT molecular complexity index is 913. The van der Waals surface area contributed by atoms with E-state index in [1.54, 1.807) is 42.5 Å². The van der Waals surface area contributed by atoms with Gasteiger partial charge in [0.15, 0.2) is 0 Å². The zero-order valence-electron chi connectivity index (χ0n) is 11.7. The zero-order chi connectivity index (χ0) is 16.4. The van der Waals surface area contributed by atoms with Gasteiger partial charge >= 0.3 is 0 Å². The van der Waals surface area contributed by atoms with Crippen LogP contribution in [0.1, 0.15) is 10.4 Å². The molecule has 0 bridgehead atoms. The quantitative estimate of drug-likeness (QED) is 0.553. The molecular weight excluding hydrogens is 362 g/mol. The van der Waals surface area contributed by atoms with Crippen molar-refractivity contribution >= 4 is 44.1 Å². The third-order valence-electron chi connectivity index (χ3n) is 3.29. The smallest absolute Gasteiger partial charge is 0.296 e. The van der Waals surface area contributed by atoms with Gasteiger partial charge in [-0.1, -0.05) is 24.3 Å². The summed E-state index contributed by atoms with van der Waals surface area (Å²) in [6.07, 6.45) is 1.52. The lowest BCUT2D eigenvalue weighted by Crippen LogP contribution is -2.13. The molecule has 3 rings (SSSR count). The van der Waals surface area contributed by atoms with E-state index in [1.807, 2.05) is 0 Å². The Labute approximate surface area is 139 Å². The van der Waals surface area contributed by atoms with Crippen molar-refractivity contribution < 1.29 is 9.72 Å². The fourth-order valence-electron chi connectivity index (χ4n) is 2.23. The first kappa shape index (κ1) is 15.1. The monoisotopic (exact) mass is 371 g/mol. The van der Waals surface area contributed by atoms with Gasteiger partial charge in [-0.25, -0.2) is 0 Å². The Hall–Kier alpha value is -2.80. The predicted octanol–water partition coefficient (Wildman–Crippen LogP) is 4.16. The zero-order valence-corrected chi connectivity index (χ0v) is 13.3. The van der Waals surface area contributed by atoms with Gasteiger partial charge in [-0.15, -0.1) is 0 Å². The Balaban J connectivity index is 2.15. The van der Waals surface area contributed by atoms with Crippen LogP contribution in [-0.4, -0.2) is 15.8 Å². The molecule has 0 saturated carbocycles. The first-order valence-corrected chi connectivity index (χ1v) is 7.45. The minimum absolute atomic E-state index is 0.0858. The first-order chi connectivity index (χ1) is 11.1. The maximum atomic E-state index is 12.3. The number of nitrogens with zero attached hydrogens (tertiary/aromatic N) is 2. The van der Waals surface area contributed by atoms with Gasteiger partial charge in [0.2, 0.25) is 0 Å². The minimum Gasteiger partial charge on any atom is -0.314 e. The van der Waals surface area contributed by atoms with Gasteiger partial charge in [-0.3, -0.25) is 19.9 Å². The molecule has 2 aromatic carbocycles. The van der Waals surface area contributed by atoms with Crippen LogP contribution in [0.25, 0.3) is 10.9 Å². The first-order valence-electron chi connectivity index (χ1n) is 6.66. The Morgan fingerprint density at radius 2 is 1.91 bits per heavy atom. The van der Waals surface area contributed by atoms with Gasteiger partial charge in [0.25, 0.3) is 11.6 Å². The minimum atomic E-state index is -0.542. The average Bonchev–Trinajstić information content (AvgIpc) is 2.57. The van der Waals surface area contributed by atoms with Gasteiger partial charge in [0, 0.05) is 27.7 Å². The highest BCUT2D eigenvalue weighted by molar-refractivity contribution is 9.10. The number of nitro benzene ring substituents is 1. The SMILES string of the molecule is O=C(Nc1c([N+](=O)[O-])cc(Br)c2cccnc12)c1ccccc1. The summed E-state index contributed by atoms with van der Waals surface area (Å²) in [6.45, 7) is 0. The lowest BCUT2D eigenvalue weighted by molar-refractivity contribution is -0.383. The maximum absolute atomic E-state index is 12.3. The summed E-state index contributed by atoms with van der Waals surface area (Å²) in [5.41, 5.74) is 0.640. The summed E-state index contributed by atoms with van der Waals surface area (Å²) in [4.78, 5) is 27.3. The van der Waals surface area contributed by atoms with Crippen LogP contribution in [0.2, 0.25) is 0 Å². The van der Waals surface area contributed by atoms with E-state index in [4.69, 9.17) is 0 Å². The fourth-order valence-corrected chi connectivity index (χ4v) is 2.77. The van der Waals surface area contributed by atoms with E-state index in [1.165, 1.54) is 12.3 Å². The Kier molecular flexibility index (Phi) is 4.03. The molecular formula is C16H10BrN3O3. The van der Waals surface area contributed by atoms with Crippen LogP contribution in [0, 0.1) is 10.1 Å². The molecule has 0 aliphatic carbocycles. The lowest BCUT2D eigenvalue weighted by Gasteiger charge is -2.10. The number of nitro groups is 1. The van der Waals surface area contributed by atoms with Crippen LogP contribution < -0.4 is 5.32 Å². The van der Waals surface area contributed by atoms with Crippen molar-refractivity contribution in [2.24, 2.45) is 0 Å². The number of amides is 1. The van der Waals surface area contributed by atoms with Crippen LogP contribution in [0.4, 0.5) is 11.4 Å². The summed E-state index contributed by atoms with van der Waals surface area (Å²) >= 11 is 3.30. The van der Waals surface area contributed by atoms with Gasteiger partial charge in [0.1, 0.15) is 11.2 Å². The van der Waals surface area contributed by atoms with Crippen molar-refractivity contribution in [1.82, 2.24) is 4.98 Å². The number of hydrogen-bond donors (Lipinski definition) is 1. The predicted molar refractivity (Wildman–Crippen MR) is 90.5 cm³/mol. The number of fused-ring (bicyclic) bond motifs is 1. The number of aromatic nitrogens is 1. The Morgan fingerprint density at radius 3 is 2.61 bits per heavy atom. The van der Waals surface area contributed by atoms with E-state index in [0.29, 0.717) is 20.9 Å². The van der Waals surface area contributed by atoms with E-state index in [0.717, 1.165) is 0 Å². The van der Waals surface area contributed by atoms with Crippen LogP contribution in [0.15, 0.2) is 59.2 Å². The van der Waals surface area contributed by atoms with Crippen molar-refractivity contribution in [3.63, 3.8) is 0 Å². The number of benzene rings is 2. The number of carbonyl (C=O) groups excluding carboxylic acids is 1. The molecule has 1 amide bonds. The molecule has 0 radical (unpaired) electrons. The van der Waals surface area contributed by atoms with Gasteiger partial charge < -0.3 is 5.32 Å². The molecule has 1 aromatic heterocycles. The topological polar surface area (TPSA) is 85.1 Å². The van der Waals surface area contributed by atoms with E-state index in [-0.39, 0.29) is 11.4 Å². The molecule has 3 aromatic rings. The molecule has 114 valence electrons. The largest absolute Gasteiger partial charge is 0.314 e. The third kappa shape index (κ3) is 2.91. The van der Waals surface area contributed by atoms with E-state index in [9.17, 15) is 14.9 Å². The summed E-state index contributed by atoms with van der Waals surface area (Å²) in [6, 6.07) is 13.4. The van der Waals surface area contributed by atoms with Crippen molar-refractivity contribution in [3.8, 4) is 0 Å². The number of hydrogen-bond acceptors (Lipinski definition) is 4. The van der Waals surface area contributed by atoms with Gasteiger partial charge in [-0.05, 0) is 34.1 Å². The second kappa shape index (κ2) is 6.13. The number of nitrogens with one attached hydrogen (secondary N) is 1. The molecule has 7 heteroatoms. The molecule has 0 unspecified atom stereocenters. The number of rotatable bonds is 3. The number of carbonyl (C=O) groups is 1. The molecule has 1 heterocycles. The lowest BCUT2D eigenvalue weighted by atomic mass is 10.1. The van der Waals surface area contributed by atoms with Crippen molar-refractivity contribution in [3.05, 3.63) is 74.9 Å². The number of halogens is 1. The highest BCUT2D eigenvalue weighted by Crippen LogP contribution is 2.37. The van der Waals surface area contributed by atoms with Gasteiger partial charge in [0.05, 0.1) is 4.92 Å². The molecule has 0 fully saturated rings. The van der Waals surface area contributed by atoms with Crippen molar-refractivity contribution in [2.45, 2.75) is 0 Å². The molecule has 0 atom stereocenters. The standard InChI is InChI=1S/C16H10BrN3O3/c17-12-9-13(20(22)23)15(14-11(12)7-4-8-18-14)19-16(21)10-5-2-1-3-6-10/h1-9H,(H,19,21). The van der Waals surface area contributed by atoms with Gasteiger partial charge in [-0.2, -0.15) is 0 Å². The van der Waals surface area contributed by atoms with Crippen LogP contribution in [0.5, 0.6) is 0 Å². The molecule has 0 aliphatic heterocycles. The molecule has 0 saturated heterocycles. The van der Waals surface area contributed by atoms with E-state index in [2.05, 4.69) is 26.2 Å². The number of pyridine rings is 1. The second-order valence-electron chi connectivity index (χ2n) is 4.73. The van der Waals surface area contributed by atoms with Crippen LogP contribution >= 0.6 is 15.9 Å². The fraction of sp³-hybridized carbons (Fsp3) is 0. The molecule has 1 N–H and O–H groups in total. The van der Waals surface area contributed by atoms with E-state index >= 15 is 0 Å². The number of anilines is 1. The summed E-state index contributed by atoms with van der Waals surface area (Å²) in [7, 11) is 0. The normalized spacial score (nSPS) is 10.5. The summed E-state index contributed by atoms with van der Waals surface area (Å²) in [5.74, 6) is -0.428. The molecule has 6 nitrogen and oxygen atoms in total. The van der Waals surface area contributed by atoms with Crippen molar-refractivity contribution in [2.75, 3.05) is 5.32 Å². The maximum Gasteiger partial charge on any atom is 0.296 e. The second-order valence-corrected chi connectivity index (χ2v) is 5.58. The van der Waals surface area contributed by atoms with Crippen molar-refractivity contribution in [1.29, 1.82) is 0 Å². The van der Waals surface area contributed by atoms with Crippen LogP contribution in [-0.2, 0) is 0 Å². The average molecular weight is 372 g/mol. The van der Waals surface area contributed by atoms with Crippen LogP contribution in [0.3, 0.4) is 0 Å². The Morgan fingerprint density at radius 1 is 1.17 bits per heavy atom. The molecule has 23 heavy (non-hydrogen) atoms. The molecule has 0 aliphatic rings. The highest BCUT2D eigenvalue weighted by atomic mass is 79.9. The van der Waals surface area contributed by atoms with E-state index < -0.39 is 10.8 Å². The summed E-state index contributed by atoms with van der Waals surface area (Å²) < 4.78 is 0.546. The highest BCUT2D eigenvalue weighted by Gasteiger charge is 2.22. The molecule has 0 spiro atoms. The third-order valence-corrected chi connectivity index (χ3v) is 3.95.